The largest absolute Gasteiger partial charge is 0.466 e. The minimum Gasteiger partial charge on any atom is -0.466 e. The van der Waals surface area contributed by atoms with Crippen LogP contribution in [0, 0.1) is 0 Å². The fraction of sp³-hybridized carbons (Fsp3) is 0.750. The summed E-state index contributed by atoms with van der Waals surface area (Å²) < 4.78 is 8.82. The molecule has 0 unspecified atom stereocenters. The standard InChI is InChI=1S/C4H7ClO2.C4H8O2.BrH/c1-2-7-4(6)3-5;1-3-6-4(2)5;/h2-3H2,1H3;3H2,1-2H3;1H. The maximum Gasteiger partial charge on any atom is 0.320 e. The van der Waals surface area contributed by atoms with E-state index in [1.54, 1.807) is 13.8 Å². The van der Waals surface area contributed by atoms with Crippen LogP contribution in [0.4, 0.5) is 0 Å². The van der Waals surface area contributed by atoms with Crippen LogP contribution in [0.5, 0.6) is 0 Å². The molecule has 0 fully saturated rings. The molecule has 0 saturated heterocycles. The maximum absolute atomic E-state index is 10.1. The van der Waals surface area contributed by atoms with Crippen molar-refractivity contribution in [3.63, 3.8) is 0 Å². The minimum atomic E-state index is -0.357. The number of alkyl halides is 1. The van der Waals surface area contributed by atoms with Crippen molar-refractivity contribution in [2.75, 3.05) is 19.1 Å². The number of hydrogen-bond donors (Lipinski definition) is 0. The summed E-state index contributed by atoms with van der Waals surface area (Å²) in [6.45, 7) is 5.80. The van der Waals surface area contributed by atoms with Crippen molar-refractivity contribution in [2.24, 2.45) is 0 Å². The van der Waals surface area contributed by atoms with Crippen LogP contribution >= 0.6 is 28.6 Å². The van der Waals surface area contributed by atoms with Gasteiger partial charge in [-0.05, 0) is 13.8 Å². The maximum atomic E-state index is 10.1. The fourth-order valence-corrected chi connectivity index (χ4v) is 0.480. The average molecular weight is 292 g/mol. The quantitative estimate of drug-likeness (QED) is 0.589. The smallest absolute Gasteiger partial charge is 0.320 e. The summed E-state index contributed by atoms with van der Waals surface area (Å²) in [5.41, 5.74) is 0. The summed E-state index contributed by atoms with van der Waals surface area (Å²) in [5.74, 6) is -0.616. The molecular weight excluding hydrogens is 275 g/mol. The molecule has 0 heterocycles. The summed E-state index contributed by atoms with van der Waals surface area (Å²) in [7, 11) is 0. The van der Waals surface area contributed by atoms with E-state index in [-0.39, 0.29) is 34.8 Å². The van der Waals surface area contributed by atoms with Crippen LogP contribution < -0.4 is 0 Å². The van der Waals surface area contributed by atoms with Crippen molar-refractivity contribution in [2.45, 2.75) is 20.8 Å². The summed E-state index contributed by atoms with van der Waals surface area (Å²) in [5, 5.41) is 0. The SMILES string of the molecule is Br.CCOC(=O)CCl.CCOC(C)=O. The Hall–Kier alpha value is -0.290. The molecule has 86 valence electrons. The van der Waals surface area contributed by atoms with E-state index in [4.69, 9.17) is 11.6 Å². The average Bonchev–Trinajstić information content (AvgIpc) is 2.05. The molecule has 0 spiro atoms. The first-order valence-electron chi connectivity index (χ1n) is 3.93. The van der Waals surface area contributed by atoms with Gasteiger partial charge >= 0.3 is 11.9 Å². The second-order valence-electron chi connectivity index (χ2n) is 1.86. The number of carbonyl (C=O) groups excluding carboxylic acids is 2. The van der Waals surface area contributed by atoms with E-state index >= 15 is 0 Å². The van der Waals surface area contributed by atoms with Crippen LogP contribution in [-0.2, 0) is 19.1 Å². The van der Waals surface area contributed by atoms with Gasteiger partial charge in [0.1, 0.15) is 5.88 Å². The highest BCUT2D eigenvalue weighted by atomic mass is 79.9. The van der Waals surface area contributed by atoms with Crippen molar-refractivity contribution in [3.05, 3.63) is 0 Å². The monoisotopic (exact) mass is 290 g/mol. The van der Waals surface area contributed by atoms with Crippen LogP contribution in [0.25, 0.3) is 0 Å². The van der Waals surface area contributed by atoms with Gasteiger partial charge in [-0.1, -0.05) is 0 Å². The Morgan fingerprint density at radius 3 is 1.64 bits per heavy atom. The van der Waals surface area contributed by atoms with Crippen molar-refractivity contribution in [1.82, 2.24) is 0 Å². The fourth-order valence-electron chi connectivity index (χ4n) is 0.403. The van der Waals surface area contributed by atoms with E-state index in [0.717, 1.165) is 0 Å². The predicted octanol–water partition coefficient (Wildman–Crippen LogP) is 1.94. The molecule has 14 heavy (non-hydrogen) atoms. The first kappa shape index (κ1) is 19.3. The highest BCUT2D eigenvalue weighted by Gasteiger charge is 1.93. The van der Waals surface area contributed by atoms with Crippen LogP contribution in [-0.4, -0.2) is 31.0 Å². The molecule has 6 heteroatoms. The third-order valence-corrected chi connectivity index (χ3v) is 0.980. The first-order valence-corrected chi connectivity index (χ1v) is 4.46. The second kappa shape index (κ2) is 15.2. The van der Waals surface area contributed by atoms with Gasteiger partial charge in [0.05, 0.1) is 13.2 Å². The van der Waals surface area contributed by atoms with Crippen LogP contribution in [0.15, 0.2) is 0 Å². The molecule has 0 atom stereocenters. The molecular formula is C8H16BrClO4. The van der Waals surface area contributed by atoms with Crippen molar-refractivity contribution >= 4 is 40.5 Å². The highest BCUT2D eigenvalue weighted by Crippen LogP contribution is 1.79. The van der Waals surface area contributed by atoms with E-state index in [1.807, 2.05) is 0 Å². The van der Waals surface area contributed by atoms with Crippen LogP contribution in [0.3, 0.4) is 0 Å². The highest BCUT2D eigenvalue weighted by molar-refractivity contribution is 8.93. The van der Waals surface area contributed by atoms with E-state index in [1.165, 1.54) is 6.92 Å². The lowest BCUT2D eigenvalue weighted by Crippen LogP contribution is -2.03. The number of rotatable bonds is 3. The van der Waals surface area contributed by atoms with Crippen molar-refractivity contribution < 1.29 is 19.1 Å². The first-order chi connectivity index (χ1) is 6.08. The molecule has 4 nitrogen and oxygen atoms in total. The lowest BCUT2D eigenvalue weighted by Gasteiger charge is -1.92. The normalized spacial score (nSPS) is 7.43. The van der Waals surface area contributed by atoms with Gasteiger partial charge in [-0.25, -0.2) is 0 Å². The van der Waals surface area contributed by atoms with Gasteiger partial charge in [-0.15, -0.1) is 28.6 Å². The summed E-state index contributed by atoms with van der Waals surface area (Å²) in [6.07, 6.45) is 0. The minimum absolute atomic E-state index is 0. The van der Waals surface area contributed by atoms with Gasteiger partial charge in [-0.3, -0.25) is 9.59 Å². The number of halogens is 2. The zero-order valence-corrected chi connectivity index (χ0v) is 11.0. The van der Waals surface area contributed by atoms with Gasteiger partial charge in [0.2, 0.25) is 0 Å². The molecule has 0 saturated carbocycles. The molecule has 0 aliphatic heterocycles. The van der Waals surface area contributed by atoms with Crippen molar-refractivity contribution in [1.29, 1.82) is 0 Å². The van der Waals surface area contributed by atoms with Crippen LogP contribution in [0.1, 0.15) is 20.8 Å². The number of hydrogen-bond acceptors (Lipinski definition) is 4. The third kappa shape index (κ3) is 22.6. The second-order valence-corrected chi connectivity index (χ2v) is 2.13. The van der Waals surface area contributed by atoms with Gasteiger partial charge in [0.15, 0.2) is 0 Å². The van der Waals surface area contributed by atoms with Gasteiger partial charge < -0.3 is 9.47 Å². The number of carbonyl (C=O) groups is 2. The molecule has 0 aromatic rings. The molecule has 0 N–H and O–H groups in total. The molecule has 0 amide bonds. The Balaban J connectivity index is -0.000000163. The summed E-state index contributed by atoms with van der Waals surface area (Å²) in [4.78, 5) is 19.9. The lowest BCUT2D eigenvalue weighted by molar-refractivity contribution is -0.141. The molecule has 0 aromatic carbocycles. The van der Waals surface area contributed by atoms with E-state index in [0.29, 0.717) is 13.2 Å². The lowest BCUT2D eigenvalue weighted by atomic mass is 10.8. The molecule has 0 aliphatic carbocycles. The Morgan fingerprint density at radius 1 is 1.14 bits per heavy atom. The molecule has 0 bridgehead atoms. The third-order valence-electron chi connectivity index (χ3n) is 0.762. The number of ether oxygens (including phenoxy) is 2. The van der Waals surface area contributed by atoms with E-state index in [9.17, 15) is 9.59 Å². The Kier molecular flexibility index (Phi) is 21.0. The summed E-state index contributed by atoms with van der Waals surface area (Å²) >= 11 is 5.06. The Labute approximate surface area is 99.7 Å². The van der Waals surface area contributed by atoms with Gasteiger partial charge in [0.25, 0.3) is 0 Å². The van der Waals surface area contributed by atoms with Crippen LogP contribution in [0.2, 0.25) is 0 Å². The van der Waals surface area contributed by atoms with E-state index < -0.39 is 0 Å². The zero-order valence-electron chi connectivity index (χ0n) is 8.54. The Bertz CT molecular complexity index is 152. The molecule has 0 radical (unpaired) electrons. The van der Waals surface area contributed by atoms with Gasteiger partial charge in [-0.2, -0.15) is 0 Å². The molecule has 0 aliphatic rings. The zero-order chi connectivity index (χ0) is 10.7. The summed E-state index contributed by atoms with van der Waals surface area (Å²) in [6, 6.07) is 0. The number of esters is 2. The van der Waals surface area contributed by atoms with Gasteiger partial charge in [0, 0.05) is 6.92 Å². The predicted molar refractivity (Wildman–Crippen MR) is 60.0 cm³/mol. The van der Waals surface area contributed by atoms with E-state index in [2.05, 4.69) is 9.47 Å². The molecule has 0 rings (SSSR count). The van der Waals surface area contributed by atoms with Crippen molar-refractivity contribution in [3.8, 4) is 0 Å². The topological polar surface area (TPSA) is 52.6 Å². The Morgan fingerprint density at radius 2 is 1.57 bits per heavy atom. The molecule has 0 aromatic heterocycles.